The Balaban J connectivity index is -0.000000134. The van der Waals surface area contributed by atoms with Crippen molar-refractivity contribution in [2.45, 2.75) is 226 Å². The average Bonchev–Trinajstić information content (AvgIpc) is 3.08. The van der Waals surface area contributed by atoms with Crippen molar-refractivity contribution in [3.05, 3.63) is 145 Å². The minimum atomic E-state index is -1.17. The molecule has 0 saturated heterocycles. The van der Waals surface area contributed by atoms with Crippen molar-refractivity contribution in [3.8, 4) is 22.5 Å². The standard InChI is InChI=1S/C18H26N2Si.C18H25N2Si.7C4H11Si.CH4.2Zr/c2*1-13-10-14(2)18(15(3)11-13)16-8-7-9-17(20-16)19-12-21(4,5)6;7*1-5(2,3)4;;;/h7-11H,12H2,1-6H3,(H,19,20);7-11H,12H2,1-6H3;7*1H2,2-4H3;1H4;;/q;8*-1;;+3;+4. The molecular formula is C65H132N4Si9Zr2-. The molecule has 0 aliphatic heterocycles. The zero-order chi connectivity index (χ0) is 62.7. The van der Waals surface area contributed by atoms with Crippen LogP contribution >= 0.6 is 0 Å². The third kappa shape index (κ3) is 89.3. The van der Waals surface area contributed by atoms with Crippen LogP contribution in [-0.4, -0.2) is 95.0 Å². The molecule has 4 aromatic rings. The van der Waals surface area contributed by atoms with Crippen LogP contribution in [0.15, 0.2) is 60.7 Å². The summed E-state index contributed by atoms with van der Waals surface area (Å²) in [6, 6.07) is 21.3. The summed E-state index contributed by atoms with van der Waals surface area (Å²) in [5.41, 5.74) is 12.3. The Morgan fingerprint density at radius 1 is 0.388 bits per heavy atom. The van der Waals surface area contributed by atoms with Crippen molar-refractivity contribution in [3.63, 3.8) is 0 Å². The van der Waals surface area contributed by atoms with Crippen molar-refractivity contribution in [1.29, 1.82) is 0 Å². The van der Waals surface area contributed by atoms with Gasteiger partial charge in [0.25, 0.3) is 0 Å². The summed E-state index contributed by atoms with van der Waals surface area (Å²) in [4.78, 5) is 9.56. The van der Waals surface area contributed by atoms with Gasteiger partial charge >= 0.3 is 52.4 Å². The Labute approximate surface area is 552 Å². The van der Waals surface area contributed by atoms with E-state index in [4.69, 9.17) is 15.3 Å². The molecule has 80 heavy (non-hydrogen) atoms. The van der Waals surface area contributed by atoms with Gasteiger partial charge in [-0.1, -0.05) is 256 Å². The van der Waals surface area contributed by atoms with E-state index in [-0.39, 0.29) is 59.8 Å². The van der Waals surface area contributed by atoms with Gasteiger partial charge in [-0.25, -0.2) is 4.98 Å². The van der Waals surface area contributed by atoms with Crippen LogP contribution < -0.4 is 5.32 Å². The maximum absolute atomic E-state index is 4.81. The van der Waals surface area contributed by atoms with Crippen molar-refractivity contribution >= 4 is 84.3 Å². The van der Waals surface area contributed by atoms with Crippen LogP contribution in [0, 0.1) is 87.4 Å². The quantitative estimate of drug-likeness (QED) is 0.141. The third-order valence-electron chi connectivity index (χ3n) is 6.87. The molecule has 0 aliphatic carbocycles. The first-order valence-electron chi connectivity index (χ1n) is 28.0. The van der Waals surface area contributed by atoms with E-state index >= 15 is 0 Å². The Kier molecular flexibility index (Phi) is 51.6. The van der Waals surface area contributed by atoms with Gasteiger partial charge < -0.3 is 61.4 Å². The van der Waals surface area contributed by atoms with Crippen LogP contribution in [-0.2, 0) is 52.4 Å². The number of benzene rings is 2. The van der Waals surface area contributed by atoms with Crippen LogP contribution in [0.4, 0.5) is 11.6 Å². The molecule has 0 atom stereocenters. The molecule has 0 aliphatic rings. The molecule has 0 bridgehead atoms. The Hall–Kier alpha value is 0.0582. The minimum Gasteiger partial charge on any atom is -0.468 e. The van der Waals surface area contributed by atoms with E-state index < -0.39 is 72.7 Å². The maximum Gasteiger partial charge on any atom is 4.00 e. The van der Waals surface area contributed by atoms with Gasteiger partial charge in [0, 0.05) is 19.8 Å². The summed E-state index contributed by atoms with van der Waals surface area (Å²) in [7, 11) is -8.32. The van der Waals surface area contributed by atoms with Crippen molar-refractivity contribution < 1.29 is 52.4 Å². The number of aryl methyl sites for hydroxylation is 6. The second-order valence-corrected chi connectivity index (χ2v) is 78.8. The number of aromatic nitrogens is 2. The van der Waals surface area contributed by atoms with Gasteiger partial charge in [-0.2, -0.15) is 0 Å². The first kappa shape index (κ1) is 96.4. The number of hydrogen-bond acceptors (Lipinski definition) is 3. The maximum atomic E-state index is 4.81. The molecule has 457 valence electrons. The summed E-state index contributed by atoms with van der Waals surface area (Å²) in [6.45, 7) is 101. The van der Waals surface area contributed by atoms with Crippen molar-refractivity contribution in [2.75, 3.05) is 17.7 Å². The SMILES string of the molecule is C.Cc1cc(C)c(-c2cccc(NC[Si](C)(C)C)n2)c(C)c1.Cc1cc(C)c(-c2cccc([N-]C[Si](C)(C)C)n2)c(C)c1.[CH2-][Si](C)(C)C.[CH2-][Si](C)(C)C.[CH2-][Si](C)(C)C.[CH2-][Si](C)(C)C.[CH2-][Si](C)(C)C.[CH2-][Si](C)(C)C.[CH2-][Si](C)(C)C.[Zr+3].[Zr+4]. The Morgan fingerprint density at radius 2 is 0.625 bits per heavy atom. The molecule has 0 unspecified atom stereocenters. The number of nitrogens with zero attached hydrogens (tertiary/aromatic N) is 3. The second kappa shape index (κ2) is 42.8. The molecule has 2 heterocycles. The Morgan fingerprint density at radius 3 is 0.863 bits per heavy atom. The van der Waals surface area contributed by atoms with Gasteiger partial charge in [-0.15, -0.1) is 56.5 Å². The number of anilines is 1. The third-order valence-corrected chi connectivity index (χ3v) is 9.21. The van der Waals surface area contributed by atoms with E-state index in [2.05, 4.69) is 324 Å². The van der Waals surface area contributed by atoms with Gasteiger partial charge in [-0.05, 0) is 87.2 Å². The predicted octanol–water partition coefficient (Wildman–Crippen LogP) is 23.0. The normalized spacial score (nSPS) is 11.3. The summed E-state index contributed by atoms with van der Waals surface area (Å²) in [5, 5.41) is 8.19. The molecule has 4 rings (SSSR count). The van der Waals surface area contributed by atoms with E-state index in [1.54, 1.807) is 0 Å². The molecule has 2 aromatic carbocycles. The number of rotatable bonds is 8. The van der Waals surface area contributed by atoms with Crippen LogP contribution in [0.2, 0.25) is 177 Å². The van der Waals surface area contributed by atoms with Gasteiger partial charge in [0.2, 0.25) is 0 Å². The first-order chi connectivity index (χ1) is 33.5. The van der Waals surface area contributed by atoms with Gasteiger partial charge in [0.15, 0.2) is 0 Å². The molecule has 0 amide bonds. The van der Waals surface area contributed by atoms with Crippen LogP contribution in [0.25, 0.3) is 27.8 Å². The predicted molar refractivity (Wildman–Crippen MR) is 398 cm³/mol. The molecular weight excluding hydrogens is 1270 g/mol. The molecule has 15 heteroatoms. The fourth-order valence-electron chi connectivity index (χ4n) is 5.16. The molecule has 0 spiro atoms. The van der Waals surface area contributed by atoms with Gasteiger partial charge in [-0.3, -0.25) is 0 Å². The molecule has 0 fully saturated rings. The van der Waals surface area contributed by atoms with Crippen molar-refractivity contribution in [2.24, 2.45) is 0 Å². The fourth-order valence-corrected chi connectivity index (χ4v) is 6.51. The zero-order valence-corrected chi connectivity index (χ0v) is 72.4. The summed E-state index contributed by atoms with van der Waals surface area (Å²) in [5.74, 6) is 1.84. The van der Waals surface area contributed by atoms with Gasteiger partial charge in [0.05, 0.1) is 13.8 Å². The van der Waals surface area contributed by atoms with E-state index in [9.17, 15) is 0 Å². The van der Waals surface area contributed by atoms with E-state index in [1.165, 1.54) is 44.5 Å². The van der Waals surface area contributed by atoms with Crippen molar-refractivity contribution in [1.82, 2.24) is 9.97 Å². The largest absolute Gasteiger partial charge is 4.00 e. The molecule has 4 nitrogen and oxygen atoms in total. The second-order valence-electron chi connectivity index (χ2n) is 32.1. The topological polar surface area (TPSA) is 51.9 Å². The number of pyridine rings is 2. The summed E-state index contributed by atoms with van der Waals surface area (Å²) < 4.78 is 0. The molecule has 1 radical (unpaired) electrons. The zero-order valence-electron chi connectivity index (χ0n) is 58.5. The number of hydrogen-bond donors (Lipinski definition) is 1. The van der Waals surface area contributed by atoms with Gasteiger partial charge in [0.1, 0.15) is 5.82 Å². The Bertz CT molecular complexity index is 1890. The molecule has 1 N–H and O–H groups in total. The van der Waals surface area contributed by atoms with Crippen LogP contribution in [0.1, 0.15) is 40.8 Å². The van der Waals surface area contributed by atoms with Crippen LogP contribution in [0.5, 0.6) is 0 Å². The van der Waals surface area contributed by atoms with E-state index in [0.717, 1.165) is 35.4 Å². The average molecular weight is 1410 g/mol. The minimum absolute atomic E-state index is 0. The van der Waals surface area contributed by atoms with E-state index in [1.807, 2.05) is 6.07 Å². The fraction of sp³-hybridized carbons (Fsp3) is 0.554. The first-order valence-corrected chi connectivity index (χ1v) is 61.4. The number of nitrogens with one attached hydrogen (secondary N) is 1. The molecule has 0 saturated carbocycles. The van der Waals surface area contributed by atoms with Crippen LogP contribution in [0.3, 0.4) is 0 Å². The summed E-state index contributed by atoms with van der Waals surface area (Å²) >= 11 is 0. The van der Waals surface area contributed by atoms with E-state index in [0.29, 0.717) is 0 Å². The summed E-state index contributed by atoms with van der Waals surface area (Å²) in [6.07, 6.45) is 1.98. The smallest absolute Gasteiger partial charge is 0.468 e. The monoisotopic (exact) mass is 1400 g/mol. The molecule has 2 aromatic heterocycles.